The highest BCUT2D eigenvalue weighted by atomic mass is 16.6. The van der Waals surface area contributed by atoms with Crippen LogP contribution in [0.1, 0.15) is 61.3 Å². The highest BCUT2D eigenvalue weighted by Crippen LogP contribution is 2.48. The minimum atomic E-state index is -0.941. The van der Waals surface area contributed by atoms with E-state index in [0.717, 1.165) is 6.42 Å². The standard InChI is InChI=1S/C18H32N2O5/c1-10-8-9-18(20(10)16(24)25-17(5,6)7)13(4)19(15(18)23)14(11(2)21)12(3)22/h10-14,21-22H,8-9H2,1-7H3/t10?,11-,12?,13?,14+,18?/m1/s1. The second kappa shape index (κ2) is 6.43. The zero-order valence-electron chi connectivity index (χ0n) is 16.3. The number of rotatable bonds is 3. The minimum absolute atomic E-state index is 0.0973. The zero-order valence-corrected chi connectivity index (χ0v) is 16.3. The first kappa shape index (κ1) is 20.0. The Bertz CT molecular complexity index is 534. The maximum atomic E-state index is 13.1. The largest absolute Gasteiger partial charge is 0.444 e. The van der Waals surface area contributed by atoms with Crippen LogP contribution in [0.5, 0.6) is 0 Å². The number of likely N-dealkylation sites (tertiary alicyclic amines) is 2. The molecular weight excluding hydrogens is 324 g/mol. The van der Waals surface area contributed by atoms with Crippen molar-refractivity contribution < 1.29 is 24.5 Å². The van der Waals surface area contributed by atoms with E-state index >= 15 is 0 Å². The third kappa shape index (κ3) is 3.12. The van der Waals surface area contributed by atoms with Crippen molar-refractivity contribution in [3.63, 3.8) is 0 Å². The van der Waals surface area contributed by atoms with Crippen molar-refractivity contribution in [2.45, 2.75) is 103 Å². The van der Waals surface area contributed by atoms with Gasteiger partial charge in [-0.25, -0.2) is 4.79 Å². The van der Waals surface area contributed by atoms with E-state index < -0.39 is 35.5 Å². The maximum absolute atomic E-state index is 13.1. The monoisotopic (exact) mass is 356 g/mol. The molecule has 7 heteroatoms. The third-order valence-electron chi connectivity index (χ3n) is 5.43. The van der Waals surface area contributed by atoms with Crippen LogP contribution in [-0.2, 0) is 9.53 Å². The molecule has 144 valence electrons. The average Bonchev–Trinajstić information content (AvgIpc) is 2.81. The van der Waals surface area contributed by atoms with Crippen molar-refractivity contribution >= 4 is 12.0 Å². The summed E-state index contributed by atoms with van der Waals surface area (Å²) in [5.41, 5.74) is -1.58. The van der Waals surface area contributed by atoms with Gasteiger partial charge in [0, 0.05) is 6.04 Å². The lowest BCUT2D eigenvalue weighted by atomic mass is 9.75. The molecule has 2 heterocycles. The number of β-lactam (4-membered cyclic amide) rings is 1. The molecule has 0 aliphatic carbocycles. The van der Waals surface area contributed by atoms with Gasteiger partial charge in [-0.1, -0.05) is 0 Å². The fourth-order valence-corrected chi connectivity index (χ4v) is 4.35. The van der Waals surface area contributed by atoms with Gasteiger partial charge >= 0.3 is 6.09 Å². The Labute approximate surface area is 149 Å². The van der Waals surface area contributed by atoms with Crippen LogP contribution < -0.4 is 0 Å². The lowest BCUT2D eigenvalue weighted by Gasteiger charge is -2.60. The van der Waals surface area contributed by atoms with E-state index in [1.807, 2.05) is 13.8 Å². The van der Waals surface area contributed by atoms with E-state index in [4.69, 9.17) is 4.74 Å². The number of aliphatic hydroxyl groups excluding tert-OH is 2. The number of hydrogen-bond donors (Lipinski definition) is 2. The highest BCUT2D eigenvalue weighted by molar-refractivity contribution is 5.98. The predicted molar refractivity (Wildman–Crippen MR) is 93.0 cm³/mol. The average molecular weight is 356 g/mol. The molecule has 2 fully saturated rings. The van der Waals surface area contributed by atoms with E-state index in [2.05, 4.69) is 0 Å². The Balaban J connectivity index is 2.31. The molecule has 0 saturated carbocycles. The van der Waals surface area contributed by atoms with Gasteiger partial charge in [0.2, 0.25) is 0 Å². The molecule has 0 aromatic heterocycles. The van der Waals surface area contributed by atoms with Crippen LogP contribution in [0.3, 0.4) is 0 Å². The first-order valence-corrected chi connectivity index (χ1v) is 9.05. The lowest BCUT2D eigenvalue weighted by Crippen LogP contribution is -2.82. The molecule has 7 nitrogen and oxygen atoms in total. The summed E-state index contributed by atoms with van der Waals surface area (Å²) in [6, 6.07) is -1.09. The molecule has 0 bridgehead atoms. The Morgan fingerprint density at radius 2 is 1.76 bits per heavy atom. The summed E-state index contributed by atoms with van der Waals surface area (Å²) in [6.07, 6.45) is -0.925. The lowest BCUT2D eigenvalue weighted by molar-refractivity contribution is -0.188. The number of carbonyl (C=O) groups excluding carboxylic acids is 2. The van der Waals surface area contributed by atoms with Gasteiger partial charge in [-0.3, -0.25) is 9.69 Å². The van der Waals surface area contributed by atoms with Gasteiger partial charge in [0.05, 0.1) is 24.3 Å². The summed E-state index contributed by atoms with van der Waals surface area (Å²) in [7, 11) is 0. The molecule has 2 aliphatic heterocycles. The Morgan fingerprint density at radius 1 is 1.24 bits per heavy atom. The summed E-state index contributed by atoms with van der Waals surface area (Å²) in [5.74, 6) is -0.220. The second-order valence-corrected chi connectivity index (χ2v) is 8.52. The number of hydrogen-bond acceptors (Lipinski definition) is 5. The summed E-state index contributed by atoms with van der Waals surface area (Å²) >= 11 is 0. The van der Waals surface area contributed by atoms with Crippen LogP contribution in [0.4, 0.5) is 4.79 Å². The van der Waals surface area contributed by atoms with Crippen molar-refractivity contribution in [2.24, 2.45) is 0 Å². The first-order valence-electron chi connectivity index (χ1n) is 9.05. The van der Waals surface area contributed by atoms with Crippen LogP contribution in [0, 0.1) is 0 Å². The van der Waals surface area contributed by atoms with Crippen LogP contribution in [-0.4, -0.2) is 73.5 Å². The third-order valence-corrected chi connectivity index (χ3v) is 5.43. The Kier molecular flexibility index (Phi) is 5.14. The Hall–Kier alpha value is -1.34. The molecule has 0 aromatic rings. The quantitative estimate of drug-likeness (QED) is 0.748. The Morgan fingerprint density at radius 3 is 2.16 bits per heavy atom. The van der Waals surface area contributed by atoms with E-state index in [9.17, 15) is 19.8 Å². The SMILES string of the molecule is CC(O)[C@H]([C@@H](C)O)N1C(=O)C2(CCC(C)N2C(=O)OC(C)(C)C)C1C. The van der Waals surface area contributed by atoms with Crippen LogP contribution in [0.15, 0.2) is 0 Å². The molecule has 1 spiro atoms. The van der Waals surface area contributed by atoms with E-state index in [0.29, 0.717) is 6.42 Å². The minimum Gasteiger partial charge on any atom is -0.444 e. The molecule has 2 aliphatic rings. The summed E-state index contributed by atoms with van der Waals surface area (Å²) < 4.78 is 5.53. The number of ether oxygens (including phenoxy) is 1. The van der Waals surface area contributed by atoms with Gasteiger partial charge in [-0.2, -0.15) is 0 Å². The number of amides is 2. The summed E-state index contributed by atoms with van der Waals surface area (Å²) in [6.45, 7) is 12.3. The van der Waals surface area contributed by atoms with Crippen molar-refractivity contribution in [3.8, 4) is 0 Å². The van der Waals surface area contributed by atoms with Crippen molar-refractivity contribution in [1.29, 1.82) is 0 Å². The highest BCUT2D eigenvalue weighted by Gasteiger charge is 2.68. The molecule has 0 radical (unpaired) electrons. The van der Waals surface area contributed by atoms with Gasteiger partial charge in [0.25, 0.3) is 5.91 Å². The molecular formula is C18H32N2O5. The topological polar surface area (TPSA) is 90.3 Å². The molecule has 6 atom stereocenters. The molecule has 2 N–H and O–H groups in total. The molecule has 25 heavy (non-hydrogen) atoms. The fourth-order valence-electron chi connectivity index (χ4n) is 4.35. The van der Waals surface area contributed by atoms with E-state index in [1.165, 1.54) is 4.90 Å². The molecule has 4 unspecified atom stereocenters. The summed E-state index contributed by atoms with van der Waals surface area (Å²) in [4.78, 5) is 29.0. The molecule has 2 saturated heterocycles. The van der Waals surface area contributed by atoms with Gasteiger partial charge < -0.3 is 19.8 Å². The maximum Gasteiger partial charge on any atom is 0.411 e. The van der Waals surface area contributed by atoms with E-state index in [-0.39, 0.29) is 18.0 Å². The summed E-state index contributed by atoms with van der Waals surface area (Å²) in [5, 5.41) is 20.0. The van der Waals surface area contributed by atoms with Gasteiger partial charge in [0.15, 0.2) is 0 Å². The molecule has 2 amide bonds. The van der Waals surface area contributed by atoms with Crippen molar-refractivity contribution in [1.82, 2.24) is 9.80 Å². The number of nitrogens with zero attached hydrogens (tertiary/aromatic N) is 2. The van der Waals surface area contributed by atoms with Crippen molar-refractivity contribution in [3.05, 3.63) is 0 Å². The molecule has 2 rings (SSSR count). The first-order chi connectivity index (χ1) is 11.3. The smallest absolute Gasteiger partial charge is 0.411 e. The van der Waals surface area contributed by atoms with Crippen LogP contribution >= 0.6 is 0 Å². The zero-order chi connectivity index (χ0) is 19.3. The van der Waals surface area contributed by atoms with Crippen LogP contribution in [0.25, 0.3) is 0 Å². The van der Waals surface area contributed by atoms with Gasteiger partial charge in [-0.15, -0.1) is 0 Å². The van der Waals surface area contributed by atoms with E-state index in [1.54, 1.807) is 39.5 Å². The van der Waals surface area contributed by atoms with Gasteiger partial charge in [0.1, 0.15) is 11.1 Å². The molecule has 0 aromatic carbocycles. The fraction of sp³-hybridized carbons (Fsp3) is 0.889. The normalized spacial score (nSPS) is 33.2. The number of aliphatic hydroxyl groups is 2. The number of carbonyl (C=O) groups is 2. The van der Waals surface area contributed by atoms with Crippen molar-refractivity contribution in [2.75, 3.05) is 0 Å². The predicted octanol–water partition coefficient (Wildman–Crippen LogP) is 1.51. The van der Waals surface area contributed by atoms with Gasteiger partial charge in [-0.05, 0) is 61.3 Å². The second-order valence-electron chi connectivity index (χ2n) is 8.52. The van der Waals surface area contributed by atoms with Crippen LogP contribution in [0.2, 0.25) is 0 Å².